The fourth-order valence-electron chi connectivity index (χ4n) is 1.95. The van der Waals surface area contributed by atoms with Gasteiger partial charge in [0.1, 0.15) is 0 Å². The van der Waals surface area contributed by atoms with E-state index in [1.807, 2.05) is 55.5 Å². The standard InChI is InChI=1S/C16H19NO/c1-16(18,15-10-6-3-7-11-15)13-17-12-14-8-4-2-5-9-14/h2-11,17-18H,12-13H2,1H3/t16-/m1/s1. The lowest BCUT2D eigenvalue weighted by Gasteiger charge is -2.24. The second-order valence-electron chi connectivity index (χ2n) is 4.73. The Hall–Kier alpha value is -1.64. The molecule has 0 amide bonds. The topological polar surface area (TPSA) is 32.3 Å². The molecule has 2 nitrogen and oxygen atoms in total. The molecule has 0 saturated carbocycles. The van der Waals surface area contributed by atoms with Gasteiger partial charge in [0, 0.05) is 13.1 Å². The van der Waals surface area contributed by atoms with Gasteiger partial charge in [-0.2, -0.15) is 0 Å². The molecule has 0 aliphatic rings. The fourth-order valence-corrected chi connectivity index (χ4v) is 1.95. The summed E-state index contributed by atoms with van der Waals surface area (Å²) in [5.41, 5.74) is 1.32. The number of nitrogens with one attached hydrogen (secondary N) is 1. The first-order chi connectivity index (χ1) is 8.68. The molecule has 0 unspecified atom stereocenters. The summed E-state index contributed by atoms with van der Waals surface area (Å²) in [4.78, 5) is 0. The summed E-state index contributed by atoms with van der Waals surface area (Å²) >= 11 is 0. The Kier molecular flexibility index (Phi) is 4.13. The zero-order valence-corrected chi connectivity index (χ0v) is 10.6. The van der Waals surface area contributed by atoms with Crippen molar-refractivity contribution in [2.24, 2.45) is 0 Å². The van der Waals surface area contributed by atoms with Crippen molar-refractivity contribution in [1.82, 2.24) is 5.32 Å². The minimum Gasteiger partial charge on any atom is -0.384 e. The zero-order valence-electron chi connectivity index (χ0n) is 10.6. The molecule has 2 rings (SSSR count). The van der Waals surface area contributed by atoms with Crippen LogP contribution in [0.1, 0.15) is 18.1 Å². The minimum atomic E-state index is -0.837. The van der Waals surface area contributed by atoms with Gasteiger partial charge in [-0.3, -0.25) is 0 Å². The van der Waals surface area contributed by atoms with Gasteiger partial charge in [-0.25, -0.2) is 0 Å². The van der Waals surface area contributed by atoms with Gasteiger partial charge in [-0.05, 0) is 18.1 Å². The Labute approximate surface area is 108 Å². The second kappa shape index (κ2) is 5.80. The molecule has 0 spiro atoms. The first kappa shape index (κ1) is 12.8. The maximum atomic E-state index is 10.4. The summed E-state index contributed by atoms with van der Waals surface area (Å²) in [6.45, 7) is 3.13. The Morgan fingerprint density at radius 2 is 1.50 bits per heavy atom. The predicted octanol–water partition coefficient (Wildman–Crippen LogP) is 2.68. The highest BCUT2D eigenvalue weighted by molar-refractivity contribution is 5.22. The summed E-state index contributed by atoms with van der Waals surface area (Å²) in [6.07, 6.45) is 0. The van der Waals surface area contributed by atoms with Crippen LogP contribution in [0.2, 0.25) is 0 Å². The van der Waals surface area contributed by atoms with Gasteiger partial charge in [0.15, 0.2) is 0 Å². The van der Waals surface area contributed by atoms with Gasteiger partial charge in [-0.1, -0.05) is 60.7 Å². The van der Waals surface area contributed by atoms with E-state index in [4.69, 9.17) is 0 Å². The average molecular weight is 241 g/mol. The molecule has 0 saturated heterocycles. The minimum absolute atomic E-state index is 0.534. The third-order valence-corrected chi connectivity index (χ3v) is 3.04. The van der Waals surface area contributed by atoms with Crippen LogP contribution in [0.25, 0.3) is 0 Å². The van der Waals surface area contributed by atoms with Gasteiger partial charge >= 0.3 is 0 Å². The molecular formula is C16H19NO. The van der Waals surface area contributed by atoms with Crippen LogP contribution in [0.15, 0.2) is 60.7 Å². The molecule has 2 aromatic rings. The summed E-state index contributed by atoms with van der Waals surface area (Å²) in [6, 6.07) is 19.9. The lowest BCUT2D eigenvalue weighted by molar-refractivity contribution is 0.0567. The monoisotopic (exact) mass is 241 g/mol. The van der Waals surface area contributed by atoms with Crippen molar-refractivity contribution in [3.63, 3.8) is 0 Å². The van der Waals surface area contributed by atoms with Gasteiger partial charge in [-0.15, -0.1) is 0 Å². The average Bonchev–Trinajstić information content (AvgIpc) is 2.41. The molecule has 0 aromatic heterocycles. The summed E-state index contributed by atoms with van der Waals surface area (Å²) in [5, 5.41) is 13.7. The van der Waals surface area contributed by atoms with Crippen molar-refractivity contribution in [3.05, 3.63) is 71.8 Å². The van der Waals surface area contributed by atoms with E-state index < -0.39 is 5.60 Å². The number of rotatable bonds is 5. The molecule has 0 fully saturated rings. The SMILES string of the molecule is C[C@@](O)(CNCc1ccccc1)c1ccccc1. The van der Waals surface area contributed by atoms with Crippen molar-refractivity contribution in [3.8, 4) is 0 Å². The third-order valence-electron chi connectivity index (χ3n) is 3.04. The number of hydrogen-bond donors (Lipinski definition) is 2. The zero-order chi connectivity index (χ0) is 12.8. The van der Waals surface area contributed by atoms with Crippen LogP contribution in [0.3, 0.4) is 0 Å². The van der Waals surface area contributed by atoms with E-state index in [2.05, 4.69) is 17.4 Å². The molecule has 2 heteroatoms. The highest BCUT2D eigenvalue weighted by Crippen LogP contribution is 2.18. The predicted molar refractivity (Wildman–Crippen MR) is 74.2 cm³/mol. The third kappa shape index (κ3) is 3.42. The van der Waals surface area contributed by atoms with Crippen molar-refractivity contribution in [2.75, 3.05) is 6.54 Å². The van der Waals surface area contributed by atoms with Crippen LogP contribution in [-0.4, -0.2) is 11.7 Å². The molecule has 0 bridgehead atoms. The number of benzene rings is 2. The summed E-state index contributed by atoms with van der Waals surface area (Å²) < 4.78 is 0. The summed E-state index contributed by atoms with van der Waals surface area (Å²) in [5.74, 6) is 0. The quantitative estimate of drug-likeness (QED) is 0.843. The fraction of sp³-hybridized carbons (Fsp3) is 0.250. The van der Waals surface area contributed by atoms with Crippen molar-refractivity contribution >= 4 is 0 Å². The van der Waals surface area contributed by atoms with E-state index in [1.165, 1.54) is 5.56 Å². The van der Waals surface area contributed by atoms with E-state index in [0.717, 1.165) is 12.1 Å². The lowest BCUT2D eigenvalue weighted by Crippen LogP contribution is -2.35. The lowest BCUT2D eigenvalue weighted by atomic mass is 9.96. The maximum absolute atomic E-state index is 10.4. The highest BCUT2D eigenvalue weighted by Gasteiger charge is 2.21. The smallest absolute Gasteiger partial charge is 0.0992 e. The molecule has 1 atom stereocenters. The van der Waals surface area contributed by atoms with Crippen LogP contribution in [0.4, 0.5) is 0 Å². The number of aliphatic hydroxyl groups is 1. The second-order valence-corrected chi connectivity index (χ2v) is 4.73. The van der Waals surface area contributed by atoms with Gasteiger partial charge < -0.3 is 10.4 Å². The molecule has 18 heavy (non-hydrogen) atoms. The van der Waals surface area contributed by atoms with Crippen molar-refractivity contribution in [2.45, 2.75) is 19.1 Å². The number of hydrogen-bond acceptors (Lipinski definition) is 2. The van der Waals surface area contributed by atoms with Gasteiger partial charge in [0.05, 0.1) is 5.60 Å². The molecule has 0 radical (unpaired) electrons. The van der Waals surface area contributed by atoms with Crippen LogP contribution in [0, 0.1) is 0 Å². The van der Waals surface area contributed by atoms with Gasteiger partial charge in [0.25, 0.3) is 0 Å². The van der Waals surface area contributed by atoms with E-state index in [9.17, 15) is 5.11 Å². The highest BCUT2D eigenvalue weighted by atomic mass is 16.3. The molecule has 0 aliphatic carbocycles. The maximum Gasteiger partial charge on any atom is 0.0992 e. The molecule has 94 valence electrons. The van der Waals surface area contributed by atoms with Crippen molar-refractivity contribution < 1.29 is 5.11 Å². The van der Waals surface area contributed by atoms with Crippen LogP contribution < -0.4 is 5.32 Å². The Morgan fingerprint density at radius 1 is 0.944 bits per heavy atom. The molecule has 2 aromatic carbocycles. The van der Waals surface area contributed by atoms with Crippen molar-refractivity contribution in [1.29, 1.82) is 0 Å². The largest absolute Gasteiger partial charge is 0.384 e. The Bertz CT molecular complexity index is 465. The Balaban J connectivity index is 1.90. The molecule has 2 N–H and O–H groups in total. The molecule has 0 heterocycles. The Morgan fingerprint density at radius 3 is 2.11 bits per heavy atom. The first-order valence-corrected chi connectivity index (χ1v) is 6.21. The first-order valence-electron chi connectivity index (χ1n) is 6.21. The van der Waals surface area contributed by atoms with E-state index in [0.29, 0.717) is 6.54 Å². The normalized spacial score (nSPS) is 14.1. The van der Waals surface area contributed by atoms with E-state index >= 15 is 0 Å². The molecular weight excluding hydrogens is 222 g/mol. The van der Waals surface area contributed by atoms with Gasteiger partial charge in [0.2, 0.25) is 0 Å². The van der Waals surface area contributed by atoms with E-state index in [-0.39, 0.29) is 0 Å². The van der Waals surface area contributed by atoms with Crippen LogP contribution in [0.5, 0.6) is 0 Å². The van der Waals surface area contributed by atoms with E-state index in [1.54, 1.807) is 0 Å². The van der Waals surface area contributed by atoms with Crippen LogP contribution >= 0.6 is 0 Å². The molecule has 0 aliphatic heterocycles. The van der Waals surface area contributed by atoms with Crippen LogP contribution in [-0.2, 0) is 12.1 Å². The summed E-state index contributed by atoms with van der Waals surface area (Å²) in [7, 11) is 0.